The van der Waals surface area contributed by atoms with Crippen molar-refractivity contribution in [2.45, 2.75) is 44.3 Å². The number of ether oxygens (including phenoxy) is 1. The second kappa shape index (κ2) is 6.66. The molecule has 1 aliphatic carbocycles. The molecule has 0 bridgehead atoms. The number of benzene rings is 1. The number of nitriles is 1. The number of anilines is 1. The van der Waals surface area contributed by atoms with Crippen molar-refractivity contribution >= 4 is 16.6 Å². The molecule has 2 aliphatic rings. The van der Waals surface area contributed by atoms with Crippen molar-refractivity contribution in [2.24, 2.45) is 5.92 Å². The Kier molecular flexibility index (Phi) is 4.45. The molecule has 27 heavy (non-hydrogen) atoms. The summed E-state index contributed by atoms with van der Waals surface area (Å²) in [6.45, 7) is 3.52. The predicted octanol–water partition coefficient (Wildman–Crippen LogP) is 2.85. The van der Waals surface area contributed by atoms with Gasteiger partial charge in [0.25, 0.3) is 5.56 Å². The smallest absolute Gasteiger partial charge is 0.268 e. The Balaban J connectivity index is 1.82. The zero-order valence-electron chi connectivity index (χ0n) is 15.8. The third kappa shape index (κ3) is 3.22. The van der Waals surface area contributed by atoms with E-state index in [1.54, 1.807) is 7.11 Å². The van der Waals surface area contributed by atoms with Crippen molar-refractivity contribution in [2.75, 3.05) is 25.1 Å². The Morgan fingerprint density at radius 1 is 1.37 bits per heavy atom. The summed E-state index contributed by atoms with van der Waals surface area (Å²) < 4.78 is 5.62. The second-order valence-electron chi connectivity index (χ2n) is 8.02. The van der Waals surface area contributed by atoms with Crippen LogP contribution in [0.3, 0.4) is 0 Å². The lowest BCUT2D eigenvalue weighted by atomic mass is 9.92. The molecule has 1 saturated heterocycles. The zero-order valence-corrected chi connectivity index (χ0v) is 15.8. The number of aromatic nitrogens is 1. The fourth-order valence-electron chi connectivity index (χ4n) is 4.00. The zero-order chi connectivity index (χ0) is 19.2. The standard InChI is InChI=1S/C21H25N3O3/c1-21(27-2)7-9-24(10-8-21)18-15-11-14(19(25)13-3-4-13)5-6-17(15)23-20(26)16(18)12-22/h5-6,11,13,19,25H,3-4,7-10H2,1-2H3,(H,23,26). The number of aliphatic hydroxyl groups is 1. The van der Waals surface area contributed by atoms with E-state index in [0.29, 0.717) is 30.2 Å². The normalized spacial score (nSPS) is 20.4. The van der Waals surface area contributed by atoms with Gasteiger partial charge in [-0.15, -0.1) is 0 Å². The minimum absolute atomic E-state index is 0.140. The SMILES string of the molecule is COC1(C)CCN(c2c(C#N)c(=O)[nH]c3ccc(C(O)C4CC4)cc23)CC1. The van der Waals surface area contributed by atoms with Crippen molar-refractivity contribution in [3.8, 4) is 6.07 Å². The van der Waals surface area contributed by atoms with Crippen LogP contribution in [0, 0.1) is 17.2 Å². The maximum Gasteiger partial charge on any atom is 0.268 e. The Morgan fingerprint density at radius 2 is 2.07 bits per heavy atom. The topological polar surface area (TPSA) is 89.4 Å². The van der Waals surface area contributed by atoms with Gasteiger partial charge >= 0.3 is 0 Å². The molecule has 1 aromatic carbocycles. The molecule has 0 radical (unpaired) electrons. The quantitative estimate of drug-likeness (QED) is 0.867. The fourth-order valence-corrected chi connectivity index (χ4v) is 4.00. The van der Waals surface area contributed by atoms with Gasteiger partial charge in [-0.3, -0.25) is 4.79 Å². The van der Waals surface area contributed by atoms with Crippen molar-refractivity contribution in [1.29, 1.82) is 5.26 Å². The lowest BCUT2D eigenvalue weighted by Crippen LogP contribution is -2.44. The molecule has 1 aliphatic heterocycles. The van der Waals surface area contributed by atoms with Crippen molar-refractivity contribution in [1.82, 2.24) is 4.98 Å². The summed E-state index contributed by atoms with van der Waals surface area (Å²) in [7, 11) is 1.73. The highest BCUT2D eigenvalue weighted by Gasteiger charge is 2.33. The molecule has 2 fully saturated rings. The fraction of sp³-hybridized carbons (Fsp3) is 0.524. The number of aliphatic hydroxyl groups excluding tert-OH is 1. The number of hydrogen-bond acceptors (Lipinski definition) is 5. The Morgan fingerprint density at radius 3 is 2.67 bits per heavy atom. The Bertz CT molecular complexity index is 963. The molecule has 1 saturated carbocycles. The van der Waals surface area contributed by atoms with E-state index in [0.717, 1.165) is 36.6 Å². The molecule has 6 nitrogen and oxygen atoms in total. The minimum atomic E-state index is -0.488. The number of hydrogen-bond donors (Lipinski definition) is 2. The van der Waals surface area contributed by atoms with Crippen LogP contribution in [0.4, 0.5) is 5.69 Å². The van der Waals surface area contributed by atoms with E-state index in [-0.39, 0.29) is 16.7 Å². The van der Waals surface area contributed by atoms with E-state index in [9.17, 15) is 15.2 Å². The van der Waals surface area contributed by atoms with Crippen LogP contribution in [0.5, 0.6) is 0 Å². The summed E-state index contributed by atoms with van der Waals surface area (Å²) >= 11 is 0. The van der Waals surface area contributed by atoms with Gasteiger partial charge in [0.15, 0.2) is 0 Å². The largest absolute Gasteiger partial charge is 0.388 e. The molecule has 4 rings (SSSR count). The minimum Gasteiger partial charge on any atom is -0.388 e. The summed E-state index contributed by atoms with van der Waals surface area (Å²) in [5, 5.41) is 21.0. The first kappa shape index (κ1) is 18.0. The van der Waals surface area contributed by atoms with E-state index < -0.39 is 6.10 Å². The van der Waals surface area contributed by atoms with E-state index >= 15 is 0 Å². The van der Waals surface area contributed by atoms with Gasteiger partial charge in [-0.05, 0) is 56.2 Å². The molecular formula is C21H25N3O3. The molecule has 2 heterocycles. The van der Waals surface area contributed by atoms with Crippen LogP contribution < -0.4 is 10.5 Å². The lowest BCUT2D eigenvalue weighted by Gasteiger charge is -2.40. The van der Waals surface area contributed by atoms with Crippen LogP contribution in [0.1, 0.15) is 49.8 Å². The summed E-state index contributed by atoms with van der Waals surface area (Å²) in [4.78, 5) is 17.4. The third-order valence-corrected chi connectivity index (χ3v) is 6.16. The molecule has 2 aromatic rings. The van der Waals surface area contributed by atoms with Crippen LogP contribution >= 0.6 is 0 Å². The summed E-state index contributed by atoms with van der Waals surface area (Å²) in [5.74, 6) is 0.321. The van der Waals surface area contributed by atoms with Gasteiger partial charge in [-0.1, -0.05) is 6.07 Å². The Hall–Kier alpha value is -2.36. The highest BCUT2D eigenvalue weighted by molar-refractivity contribution is 5.95. The number of methoxy groups -OCH3 is 1. The van der Waals surface area contributed by atoms with Crippen LogP contribution in [0.15, 0.2) is 23.0 Å². The van der Waals surface area contributed by atoms with Crippen LogP contribution in [-0.4, -0.2) is 35.9 Å². The van der Waals surface area contributed by atoms with Crippen molar-refractivity contribution in [3.63, 3.8) is 0 Å². The maximum atomic E-state index is 12.5. The first-order valence-electron chi connectivity index (χ1n) is 9.54. The summed E-state index contributed by atoms with van der Waals surface area (Å²) in [6, 6.07) is 7.74. The summed E-state index contributed by atoms with van der Waals surface area (Å²) in [5.41, 5.74) is 1.83. The number of aromatic amines is 1. The van der Waals surface area contributed by atoms with Gasteiger partial charge in [0.1, 0.15) is 11.6 Å². The van der Waals surface area contributed by atoms with E-state index in [2.05, 4.69) is 22.9 Å². The average Bonchev–Trinajstić information content (AvgIpc) is 3.52. The van der Waals surface area contributed by atoms with Gasteiger partial charge in [-0.2, -0.15) is 5.26 Å². The van der Waals surface area contributed by atoms with Gasteiger partial charge in [0.2, 0.25) is 0 Å². The number of rotatable bonds is 4. The molecule has 1 atom stereocenters. The number of nitrogens with zero attached hydrogens (tertiary/aromatic N) is 2. The lowest BCUT2D eigenvalue weighted by molar-refractivity contribution is -0.0132. The van der Waals surface area contributed by atoms with Crippen LogP contribution in [-0.2, 0) is 4.74 Å². The van der Waals surface area contributed by atoms with Crippen LogP contribution in [0.2, 0.25) is 0 Å². The van der Waals surface area contributed by atoms with E-state index in [1.807, 2.05) is 18.2 Å². The first-order chi connectivity index (χ1) is 13.0. The van der Waals surface area contributed by atoms with Gasteiger partial charge in [0.05, 0.1) is 22.9 Å². The molecule has 1 unspecified atom stereocenters. The van der Waals surface area contributed by atoms with Crippen LogP contribution in [0.25, 0.3) is 10.9 Å². The van der Waals surface area contributed by atoms with Crippen molar-refractivity contribution < 1.29 is 9.84 Å². The molecule has 142 valence electrons. The number of pyridine rings is 1. The third-order valence-electron chi connectivity index (χ3n) is 6.16. The molecule has 6 heteroatoms. The van der Waals surface area contributed by atoms with Gasteiger partial charge in [0, 0.05) is 25.6 Å². The van der Waals surface area contributed by atoms with Crippen molar-refractivity contribution in [3.05, 3.63) is 39.7 Å². The number of nitrogens with one attached hydrogen (secondary N) is 1. The first-order valence-corrected chi connectivity index (χ1v) is 9.54. The molecule has 0 amide bonds. The second-order valence-corrected chi connectivity index (χ2v) is 8.02. The molecule has 0 spiro atoms. The van der Waals surface area contributed by atoms with E-state index in [1.165, 1.54) is 0 Å². The van der Waals surface area contributed by atoms with Gasteiger partial charge < -0.3 is 19.7 Å². The summed E-state index contributed by atoms with van der Waals surface area (Å²) in [6.07, 6.45) is 3.25. The van der Waals surface area contributed by atoms with Gasteiger partial charge in [-0.25, -0.2) is 0 Å². The molecule has 2 N–H and O–H groups in total. The predicted molar refractivity (Wildman–Crippen MR) is 104 cm³/mol. The number of H-pyrrole nitrogens is 1. The molecular weight excluding hydrogens is 342 g/mol. The number of piperidine rings is 1. The molecule has 1 aromatic heterocycles. The monoisotopic (exact) mass is 367 g/mol. The maximum absolute atomic E-state index is 12.5. The highest BCUT2D eigenvalue weighted by Crippen LogP contribution is 2.42. The van der Waals surface area contributed by atoms with E-state index in [4.69, 9.17) is 4.74 Å². The average molecular weight is 367 g/mol. The Labute approximate surface area is 158 Å². The highest BCUT2D eigenvalue weighted by atomic mass is 16.5. The number of fused-ring (bicyclic) bond motifs is 1.